The van der Waals surface area contributed by atoms with Crippen molar-refractivity contribution in [1.82, 2.24) is 5.32 Å². The summed E-state index contributed by atoms with van der Waals surface area (Å²) in [5.41, 5.74) is 1.32. The zero-order chi connectivity index (χ0) is 20.8. The smallest absolute Gasteiger partial charge is 0.335 e. The van der Waals surface area contributed by atoms with Gasteiger partial charge in [-0.25, -0.2) is 9.18 Å². The topological polar surface area (TPSA) is 75.6 Å². The molecule has 0 atom stereocenters. The maximum Gasteiger partial charge on any atom is 0.335 e. The summed E-state index contributed by atoms with van der Waals surface area (Å²) in [5.74, 6) is -1.31. The predicted molar refractivity (Wildman–Crippen MR) is 107 cm³/mol. The molecule has 1 amide bonds. The number of ether oxygens (including phenoxy) is 1. The number of benzene rings is 3. The second-order valence-electron chi connectivity index (χ2n) is 6.21. The van der Waals surface area contributed by atoms with Gasteiger partial charge in [0.15, 0.2) is 0 Å². The summed E-state index contributed by atoms with van der Waals surface area (Å²) >= 11 is 6.02. The van der Waals surface area contributed by atoms with E-state index in [-0.39, 0.29) is 28.5 Å². The lowest BCUT2D eigenvalue weighted by molar-refractivity contribution is 0.0696. The molecule has 3 rings (SSSR count). The average Bonchev–Trinajstić information content (AvgIpc) is 2.69. The lowest BCUT2D eigenvalue weighted by Gasteiger charge is -2.12. The van der Waals surface area contributed by atoms with Crippen molar-refractivity contribution in [3.63, 3.8) is 0 Å². The Bertz CT molecular complexity index is 1040. The first kappa shape index (κ1) is 20.4. The molecule has 0 aliphatic rings. The van der Waals surface area contributed by atoms with Crippen LogP contribution in [0.1, 0.15) is 26.3 Å². The highest BCUT2D eigenvalue weighted by Crippen LogP contribution is 2.28. The first-order chi connectivity index (χ1) is 13.9. The zero-order valence-corrected chi connectivity index (χ0v) is 15.9. The highest BCUT2D eigenvalue weighted by Gasteiger charge is 2.14. The van der Waals surface area contributed by atoms with E-state index in [1.807, 2.05) is 0 Å². The third kappa shape index (κ3) is 5.56. The van der Waals surface area contributed by atoms with Crippen LogP contribution in [0.2, 0.25) is 5.02 Å². The van der Waals surface area contributed by atoms with E-state index in [2.05, 4.69) is 5.32 Å². The van der Waals surface area contributed by atoms with Gasteiger partial charge in [0, 0.05) is 17.6 Å². The van der Waals surface area contributed by atoms with Crippen LogP contribution < -0.4 is 10.1 Å². The number of aromatic carboxylic acids is 1. The second kappa shape index (κ2) is 9.21. The monoisotopic (exact) mass is 413 g/mol. The molecule has 0 saturated heterocycles. The van der Waals surface area contributed by atoms with E-state index in [9.17, 15) is 14.0 Å². The molecule has 0 spiro atoms. The molecule has 0 aromatic heterocycles. The lowest BCUT2D eigenvalue weighted by Crippen LogP contribution is -2.26. The molecular formula is C22H17ClFNO4. The summed E-state index contributed by atoms with van der Waals surface area (Å²) in [6.07, 6.45) is 0.520. The van der Waals surface area contributed by atoms with E-state index >= 15 is 0 Å². The summed E-state index contributed by atoms with van der Waals surface area (Å²) in [6, 6.07) is 16.7. The molecule has 0 unspecified atom stereocenters. The van der Waals surface area contributed by atoms with Crippen LogP contribution in [0.3, 0.4) is 0 Å². The van der Waals surface area contributed by atoms with Crippen LogP contribution in [-0.4, -0.2) is 23.5 Å². The normalized spacial score (nSPS) is 10.4. The maximum absolute atomic E-state index is 13.4. The van der Waals surface area contributed by atoms with E-state index in [0.717, 1.165) is 5.56 Å². The molecule has 7 heteroatoms. The van der Waals surface area contributed by atoms with Gasteiger partial charge in [0.05, 0.1) is 11.1 Å². The minimum Gasteiger partial charge on any atom is -0.478 e. The minimum absolute atomic E-state index is 0.204. The SMILES string of the molecule is O=C(O)c1ccc(CCNC(=O)c2cc(Cl)ccc2Oc2cccc(F)c2)cc1. The van der Waals surface area contributed by atoms with Crippen molar-refractivity contribution < 1.29 is 23.8 Å². The molecule has 29 heavy (non-hydrogen) atoms. The van der Waals surface area contributed by atoms with Crippen molar-refractivity contribution >= 4 is 23.5 Å². The van der Waals surface area contributed by atoms with Crippen LogP contribution in [0.4, 0.5) is 4.39 Å². The standard InChI is InChI=1S/C22H17ClFNO4/c23-16-8-9-20(29-18-3-1-2-17(24)13-18)19(12-16)21(26)25-11-10-14-4-6-15(7-5-14)22(27)28/h1-9,12-13H,10-11H2,(H,25,26)(H,27,28). The first-order valence-corrected chi connectivity index (χ1v) is 9.13. The number of carbonyl (C=O) groups is 2. The number of carboxylic acids is 1. The molecule has 5 nitrogen and oxygen atoms in total. The highest BCUT2D eigenvalue weighted by atomic mass is 35.5. The van der Waals surface area contributed by atoms with Crippen molar-refractivity contribution in [1.29, 1.82) is 0 Å². The number of carbonyl (C=O) groups excluding carboxylic acids is 1. The van der Waals surface area contributed by atoms with E-state index < -0.39 is 11.8 Å². The van der Waals surface area contributed by atoms with Crippen molar-refractivity contribution in [3.05, 3.63) is 94.3 Å². The quantitative estimate of drug-likeness (QED) is 0.575. The van der Waals surface area contributed by atoms with Crippen LogP contribution in [0.15, 0.2) is 66.7 Å². The Morgan fingerprint density at radius 2 is 1.79 bits per heavy atom. The first-order valence-electron chi connectivity index (χ1n) is 8.76. The third-order valence-electron chi connectivity index (χ3n) is 4.11. The highest BCUT2D eigenvalue weighted by molar-refractivity contribution is 6.31. The van der Waals surface area contributed by atoms with Gasteiger partial charge in [-0.2, -0.15) is 0 Å². The molecule has 3 aromatic carbocycles. The fourth-order valence-electron chi connectivity index (χ4n) is 2.66. The summed E-state index contributed by atoms with van der Waals surface area (Å²) in [4.78, 5) is 23.5. The van der Waals surface area contributed by atoms with Gasteiger partial charge >= 0.3 is 5.97 Å². The number of nitrogens with one attached hydrogen (secondary N) is 1. The Morgan fingerprint density at radius 3 is 2.48 bits per heavy atom. The Morgan fingerprint density at radius 1 is 1.03 bits per heavy atom. The molecule has 0 fully saturated rings. The van der Waals surface area contributed by atoms with E-state index in [0.29, 0.717) is 18.0 Å². The van der Waals surface area contributed by atoms with Crippen molar-refractivity contribution in [2.45, 2.75) is 6.42 Å². The summed E-state index contributed by atoms with van der Waals surface area (Å²) in [7, 11) is 0. The van der Waals surface area contributed by atoms with Crippen LogP contribution in [0, 0.1) is 5.82 Å². The average molecular weight is 414 g/mol. The van der Waals surface area contributed by atoms with Crippen LogP contribution in [0.5, 0.6) is 11.5 Å². The van der Waals surface area contributed by atoms with Gasteiger partial charge in [-0.15, -0.1) is 0 Å². The molecule has 2 N–H and O–H groups in total. The molecule has 148 valence electrons. The maximum atomic E-state index is 13.4. The Hall–Kier alpha value is -3.38. The van der Waals surface area contributed by atoms with Gasteiger partial charge < -0.3 is 15.2 Å². The largest absolute Gasteiger partial charge is 0.478 e. The van der Waals surface area contributed by atoms with Gasteiger partial charge in [0.25, 0.3) is 5.91 Å². The van der Waals surface area contributed by atoms with Gasteiger partial charge in [-0.05, 0) is 54.4 Å². The number of amides is 1. The van der Waals surface area contributed by atoms with Crippen molar-refractivity contribution in [2.24, 2.45) is 0 Å². The van der Waals surface area contributed by atoms with Crippen LogP contribution in [-0.2, 0) is 6.42 Å². The number of carboxylic acid groups (broad SMARTS) is 1. The molecule has 0 heterocycles. The summed E-state index contributed by atoms with van der Waals surface area (Å²) < 4.78 is 19.0. The lowest BCUT2D eigenvalue weighted by atomic mass is 10.1. The van der Waals surface area contributed by atoms with Crippen molar-refractivity contribution in [3.8, 4) is 11.5 Å². The molecule has 0 radical (unpaired) electrons. The number of hydrogen-bond acceptors (Lipinski definition) is 3. The zero-order valence-electron chi connectivity index (χ0n) is 15.2. The predicted octanol–water partition coefficient (Wildman–Crippen LogP) is 4.94. The van der Waals surface area contributed by atoms with Crippen LogP contribution in [0.25, 0.3) is 0 Å². The molecular weight excluding hydrogens is 397 g/mol. The van der Waals surface area contributed by atoms with Crippen molar-refractivity contribution in [2.75, 3.05) is 6.54 Å². The van der Waals surface area contributed by atoms with Gasteiger partial charge in [0.1, 0.15) is 17.3 Å². The second-order valence-corrected chi connectivity index (χ2v) is 6.64. The fourth-order valence-corrected chi connectivity index (χ4v) is 2.83. The fraction of sp³-hybridized carbons (Fsp3) is 0.0909. The summed E-state index contributed by atoms with van der Waals surface area (Å²) in [6.45, 7) is 0.331. The van der Waals surface area contributed by atoms with Gasteiger partial charge in [0.2, 0.25) is 0 Å². The molecule has 0 bridgehead atoms. The van der Waals surface area contributed by atoms with E-state index in [4.69, 9.17) is 21.4 Å². The van der Waals surface area contributed by atoms with Gasteiger partial charge in [-0.3, -0.25) is 4.79 Å². The molecule has 0 aliphatic carbocycles. The third-order valence-corrected chi connectivity index (χ3v) is 4.35. The summed E-state index contributed by atoms with van der Waals surface area (Å²) in [5, 5.41) is 12.1. The molecule has 3 aromatic rings. The van der Waals surface area contributed by atoms with Gasteiger partial charge in [-0.1, -0.05) is 29.8 Å². The van der Waals surface area contributed by atoms with E-state index in [1.165, 1.54) is 36.4 Å². The number of halogens is 2. The molecule has 0 saturated carbocycles. The Labute approximate surface area is 171 Å². The van der Waals surface area contributed by atoms with E-state index in [1.54, 1.807) is 30.3 Å². The molecule has 0 aliphatic heterocycles. The Kier molecular flexibility index (Phi) is 6.46. The number of hydrogen-bond donors (Lipinski definition) is 2. The number of rotatable bonds is 7. The minimum atomic E-state index is -0.989. The Balaban J connectivity index is 1.66. The van der Waals surface area contributed by atoms with Crippen LogP contribution >= 0.6 is 11.6 Å².